The third kappa shape index (κ3) is 5.20. The Morgan fingerprint density at radius 3 is 1.67 bits per heavy atom. The summed E-state index contributed by atoms with van der Waals surface area (Å²) >= 11 is 0. The van der Waals surface area contributed by atoms with Crippen LogP contribution in [0.25, 0.3) is 0 Å². The minimum Gasteiger partial charge on any atom is -0.428 e. The monoisotopic (exact) mass is 198 g/mol. The SMILES string of the molecule is C[SiH](C)O[SiH](O[SiH3])O[SiH3]. The van der Waals surface area contributed by atoms with Crippen molar-refractivity contribution in [2.45, 2.75) is 13.1 Å². The predicted octanol–water partition coefficient (Wildman–Crippen LogP) is -2.70. The molecule has 0 aliphatic rings. The molecule has 0 unspecified atom stereocenters. The first kappa shape index (κ1) is 9.75. The third-order valence-corrected chi connectivity index (χ3v) is 6.91. The smallest absolute Gasteiger partial charge is 0.428 e. The van der Waals surface area contributed by atoms with Crippen molar-refractivity contribution in [3.63, 3.8) is 0 Å². The summed E-state index contributed by atoms with van der Waals surface area (Å²) in [6.45, 7) is 4.25. The molecule has 9 heavy (non-hydrogen) atoms. The van der Waals surface area contributed by atoms with Gasteiger partial charge < -0.3 is 12.3 Å². The second-order valence-electron chi connectivity index (χ2n) is 1.94. The molecule has 0 fully saturated rings. The zero-order valence-corrected chi connectivity index (χ0v) is 12.7. The molecule has 0 saturated heterocycles. The molecule has 0 saturated carbocycles. The Kier molecular flexibility index (Phi) is 5.99. The van der Waals surface area contributed by atoms with Crippen LogP contribution in [0.1, 0.15) is 0 Å². The molecule has 0 aromatic carbocycles. The van der Waals surface area contributed by atoms with Gasteiger partial charge in [-0.05, 0) is 13.1 Å². The van der Waals surface area contributed by atoms with Crippen LogP contribution in [0, 0.1) is 0 Å². The lowest BCUT2D eigenvalue weighted by molar-refractivity contribution is 0.337. The fraction of sp³-hybridized carbons (Fsp3) is 1.00. The average molecular weight is 198 g/mol. The van der Waals surface area contributed by atoms with Crippen molar-refractivity contribution < 1.29 is 12.3 Å². The van der Waals surface area contributed by atoms with Gasteiger partial charge in [0.1, 0.15) is 21.0 Å². The number of hydrogen-bond donors (Lipinski definition) is 0. The van der Waals surface area contributed by atoms with Gasteiger partial charge in [-0.25, -0.2) is 0 Å². The first-order valence-corrected chi connectivity index (χ1v) is 8.74. The second-order valence-corrected chi connectivity index (χ2v) is 9.48. The summed E-state index contributed by atoms with van der Waals surface area (Å²) in [7, 11) is -0.985. The molecule has 0 spiro atoms. The zero-order valence-electron chi connectivity index (χ0n) is 6.38. The van der Waals surface area contributed by atoms with Crippen LogP contribution >= 0.6 is 0 Å². The standard InChI is InChI=1S/C2H14O3Si4/c1-8(2)5-9(3-6)4-7/h8-9H,1-2,6-7H3. The molecular weight excluding hydrogens is 184 g/mol. The van der Waals surface area contributed by atoms with Crippen LogP contribution in [-0.2, 0) is 12.3 Å². The minimum absolute atomic E-state index is 0.743. The molecular formula is C2H14O3Si4. The van der Waals surface area contributed by atoms with Crippen molar-refractivity contribution in [2.24, 2.45) is 0 Å². The molecule has 0 N–H and O–H groups in total. The van der Waals surface area contributed by atoms with E-state index in [1.165, 1.54) is 0 Å². The molecule has 0 aliphatic heterocycles. The molecule has 56 valence electrons. The summed E-state index contributed by atoms with van der Waals surface area (Å²) in [6.07, 6.45) is 0. The maximum atomic E-state index is 5.45. The molecule has 0 atom stereocenters. The van der Waals surface area contributed by atoms with E-state index in [0.717, 1.165) is 21.0 Å². The molecule has 0 heterocycles. The fourth-order valence-corrected chi connectivity index (χ4v) is 7.60. The van der Waals surface area contributed by atoms with Crippen LogP contribution in [0.2, 0.25) is 13.1 Å². The molecule has 0 amide bonds. The second kappa shape index (κ2) is 5.53. The summed E-state index contributed by atoms with van der Waals surface area (Å²) in [5, 5.41) is 0. The van der Waals surface area contributed by atoms with Crippen LogP contribution < -0.4 is 0 Å². The van der Waals surface area contributed by atoms with E-state index in [1.807, 2.05) is 0 Å². The number of hydrogen-bond acceptors (Lipinski definition) is 3. The maximum Gasteiger partial charge on any atom is 0.451 e. The Hall–Kier alpha value is 0.748. The highest BCUT2D eigenvalue weighted by molar-refractivity contribution is 6.61. The van der Waals surface area contributed by atoms with Crippen LogP contribution in [-0.4, -0.2) is 39.5 Å². The highest BCUT2D eigenvalue weighted by Crippen LogP contribution is 1.90. The van der Waals surface area contributed by atoms with Gasteiger partial charge in [0, 0.05) is 0 Å². The average Bonchev–Trinajstić information content (AvgIpc) is 1.82. The summed E-state index contributed by atoms with van der Waals surface area (Å²) < 4.78 is 15.7. The van der Waals surface area contributed by atoms with E-state index in [-0.39, 0.29) is 0 Å². The summed E-state index contributed by atoms with van der Waals surface area (Å²) in [4.78, 5) is 0. The summed E-state index contributed by atoms with van der Waals surface area (Å²) in [6, 6.07) is 0. The molecule has 0 aromatic heterocycles. The summed E-state index contributed by atoms with van der Waals surface area (Å²) in [5.74, 6) is 0. The molecule has 0 bridgehead atoms. The Balaban J connectivity index is 3.31. The van der Waals surface area contributed by atoms with Gasteiger partial charge in [0.25, 0.3) is 0 Å². The van der Waals surface area contributed by atoms with Crippen LogP contribution in [0.15, 0.2) is 0 Å². The Morgan fingerprint density at radius 1 is 1.11 bits per heavy atom. The van der Waals surface area contributed by atoms with Crippen molar-refractivity contribution in [3.8, 4) is 0 Å². The van der Waals surface area contributed by atoms with Gasteiger partial charge in [-0.1, -0.05) is 0 Å². The van der Waals surface area contributed by atoms with Crippen LogP contribution in [0.4, 0.5) is 0 Å². The third-order valence-electron chi connectivity index (χ3n) is 0.768. The summed E-state index contributed by atoms with van der Waals surface area (Å²) in [5.41, 5.74) is 0. The van der Waals surface area contributed by atoms with E-state index in [1.54, 1.807) is 0 Å². The van der Waals surface area contributed by atoms with Gasteiger partial charge >= 0.3 is 9.53 Å². The lowest BCUT2D eigenvalue weighted by atomic mass is 11.9. The fourth-order valence-electron chi connectivity index (χ4n) is 0.430. The van der Waals surface area contributed by atoms with Crippen molar-refractivity contribution >= 4 is 39.5 Å². The Labute approximate surface area is 65.5 Å². The van der Waals surface area contributed by atoms with Gasteiger partial charge in [-0.3, -0.25) is 0 Å². The van der Waals surface area contributed by atoms with Crippen molar-refractivity contribution in [1.82, 2.24) is 0 Å². The normalized spacial score (nSPS) is 15.0. The first-order chi connectivity index (χ1) is 4.20. The van der Waals surface area contributed by atoms with E-state index < -0.39 is 18.6 Å². The van der Waals surface area contributed by atoms with Crippen molar-refractivity contribution in [1.29, 1.82) is 0 Å². The van der Waals surface area contributed by atoms with Gasteiger partial charge in [-0.15, -0.1) is 0 Å². The van der Waals surface area contributed by atoms with E-state index in [2.05, 4.69) is 13.1 Å². The van der Waals surface area contributed by atoms with Crippen LogP contribution in [0.3, 0.4) is 0 Å². The van der Waals surface area contributed by atoms with E-state index in [4.69, 9.17) is 12.3 Å². The molecule has 0 radical (unpaired) electrons. The molecule has 3 nitrogen and oxygen atoms in total. The highest BCUT2D eigenvalue weighted by atomic mass is 28.4. The largest absolute Gasteiger partial charge is 0.451 e. The Morgan fingerprint density at radius 2 is 1.56 bits per heavy atom. The minimum atomic E-state index is -1.56. The Bertz CT molecular complexity index is 64.8. The molecule has 0 aromatic rings. The van der Waals surface area contributed by atoms with Gasteiger partial charge in [-0.2, -0.15) is 0 Å². The quantitative estimate of drug-likeness (QED) is 0.460. The predicted molar refractivity (Wildman–Crippen MR) is 49.2 cm³/mol. The first-order valence-electron chi connectivity index (χ1n) is 2.91. The van der Waals surface area contributed by atoms with Crippen molar-refractivity contribution in [2.75, 3.05) is 0 Å². The van der Waals surface area contributed by atoms with E-state index in [9.17, 15) is 0 Å². The van der Waals surface area contributed by atoms with E-state index >= 15 is 0 Å². The van der Waals surface area contributed by atoms with Crippen molar-refractivity contribution in [3.05, 3.63) is 0 Å². The highest BCUT2D eigenvalue weighted by Gasteiger charge is 2.10. The van der Waals surface area contributed by atoms with Gasteiger partial charge in [0.15, 0.2) is 9.04 Å². The molecule has 0 rings (SSSR count). The maximum absolute atomic E-state index is 5.45. The lowest BCUT2D eigenvalue weighted by Crippen LogP contribution is -2.30. The lowest BCUT2D eigenvalue weighted by Gasteiger charge is -2.14. The molecule has 0 aliphatic carbocycles. The van der Waals surface area contributed by atoms with E-state index in [0.29, 0.717) is 0 Å². The number of rotatable bonds is 4. The van der Waals surface area contributed by atoms with Gasteiger partial charge in [0.2, 0.25) is 0 Å². The van der Waals surface area contributed by atoms with Crippen LogP contribution in [0.5, 0.6) is 0 Å². The molecule has 7 heteroatoms. The van der Waals surface area contributed by atoms with Gasteiger partial charge in [0.05, 0.1) is 0 Å². The topological polar surface area (TPSA) is 27.7 Å². The zero-order chi connectivity index (χ0) is 7.28.